The number of aromatic nitrogens is 2. The highest BCUT2D eigenvalue weighted by molar-refractivity contribution is 7.15. The van der Waals surface area contributed by atoms with Crippen LogP contribution in [-0.4, -0.2) is 33.5 Å². The molecule has 0 saturated carbocycles. The van der Waals surface area contributed by atoms with Gasteiger partial charge in [0.05, 0.1) is 23.9 Å². The first-order valence-electron chi connectivity index (χ1n) is 6.90. The number of rotatable bonds is 2. The maximum atomic E-state index is 12.5. The number of hydrogen-bond donors (Lipinski definition) is 0. The van der Waals surface area contributed by atoms with E-state index in [2.05, 4.69) is 4.98 Å². The van der Waals surface area contributed by atoms with E-state index >= 15 is 0 Å². The van der Waals surface area contributed by atoms with Gasteiger partial charge in [0.25, 0.3) is 5.91 Å². The average molecular weight is 334 g/mol. The van der Waals surface area contributed by atoms with E-state index in [1.807, 2.05) is 35.8 Å². The number of hydroxylamine groups is 2. The molecule has 0 radical (unpaired) electrons. The van der Waals surface area contributed by atoms with Gasteiger partial charge in [-0.25, -0.2) is 10.0 Å². The van der Waals surface area contributed by atoms with Gasteiger partial charge in [-0.1, -0.05) is 29.8 Å². The first-order chi connectivity index (χ1) is 10.7. The van der Waals surface area contributed by atoms with Crippen LogP contribution in [-0.2, 0) is 4.84 Å². The summed E-state index contributed by atoms with van der Waals surface area (Å²) in [6.45, 7) is 1.22. The summed E-state index contributed by atoms with van der Waals surface area (Å²) in [5.74, 6) is -0.133. The third-order valence-electron chi connectivity index (χ3n) is 3.56. The Kier molecular flexibility index (Phi) is 3.37. The van der Waals surface area contributed by atoms with Crippen molar-refractivity contribution in [2.75, 3.05) is 13.2 Å². The van der Waals surface area contributed by atoms with E-state index in [4.69, 9.17) is 16.4 Å². The van der Waals surface area contributed by atoms with Crippen LogP contribution in [0.1, 0.15) is 16.9 Å². The van der Waals surface area contributed by atoms with Gasteiger partial charge in [0.2, 0.25) is 0 Å². The van der Waals surface area contributed by atoms with Crippen LogP contribution in [0.3, 0.4) is 0 Å². The molecule has 0 aliphatic carbocycles. The minimum Gasteiger partial charge on any atom is -0.285 e. The van der Waals surface area contributed by atoms with Gasteiger partial charge < -0.3 is 0 Å². The summed E-state index contributed by atoms with van der Waals surface area (Å²) >= 11 is 7.65. The van der Waals surface area contributed by atoms with Crippen molar-refractivity contribution in [1.82, 2.24) is 14.4 Å². The van der Waals surface area contributed by atoms with Gasteiger partial charge >= 0.3 is 0 Å². The second kappa shape index (κ2) is 5.39. The smallest absolute Gasteiger partial charge is 0.285 e. The number of fused-ring (bicyclic) bond motifs is 1. The van der Waals surface area contributed by atoms with Gasteiger partial charge in [-0.15, -0.1) is 11.3 Å². The van der Waals surface area contributed by atoms with E-state index in [-0.39, 0.29) is 5.91 Å². The average Bonchev–Trinajstić information content (AvgIpc) is 3.23. The van der Waals surface area contributed by atoms with Crippen LogP contribution in [0.5, 0.6) is 0 Å². The summed E-state index contributed by atoms with van der Waals surface area (Å²) < 4.78 is 1.80. The van der Waals surface area contributed by atoms with Gasteiger partial charge in [-0.05, 0) is 12.5 Å². The van der Waals surface area contributed by atoms with Gasteiger partial charge in [0, 0.05) is 17.1 Å². The lowest BCUT2D eigenvalue weighted by molar-refractivity contribution is -0.0772. The monoisotopic (exact) mass is 333 g/mol. The minimum atomic E-state index is -0.133. The Morgan fingerprint density at radius 2 is 2.23 bits per heavy atom. The SMILES string of the molecule is O=C(c1csc2nc(-c3ccccc3Cl)cn12)N1CCCO1. The molecule has 0 bridgehead atoms. The lowest BCUT2D eigenvalue weighted by Gasteiger charge is -2.12. The molecular formula is C15H12ClN3O2S. The zero-order chi connectivity index (χ0) is 15.1. The molecule has 1 fully saturated rings. The second-order valence-electron chi connectivity index (χ2n) is 4.97. The number of nitrogens with zero attached hydrogens (tertiary/aromatic N) is 3. The highest BCUT2D eigenvalue weighted by Gasteiger charge is 2.24. The van der Waals surface area contributed by atoms with E-state index in [0.717, 1.165) is 22.6 Å². The molecule has 1 aliphatic heterocycles. The van der Waals surface area contributed by atoms with Gasteiger partial charge in [-0.2, -0.15) is 0 Å². The van der Waals surface area contributed by atoms with Crippen LogP contribution in [0.2, 0.25) is 5.02 Å². The number of benzene rings is 1. The normalized spacial score (nSPS) is 14.9. The van der Waals surface area contributed by atoms with Crippen molar-refractivity contribution in [3.63, 3.8) is 0 Å². The molecule has 0 unspecified atom stereocenters. The number of carbonyl (C=O) groups excluding carboxylic acids is 1. The first kappa shape index (κ1) is 13.8. The van der Waals surface area contributed by atoms with E-state index in [1.54, 1.807) is 4.40 Å². The molecule has 112 valence electrons. The fourth-order valence-corrected chi connectivity index (χ4v) is 3.55. The Labute approximate surface area is 135 Å². The molecular weight excluding hydrogens is 322 g/mol. The third kappa shape index (κ3) is 2.20. The molecule has 22 heavy (non-hydrogen) atoms. The molecule has 0 N–H and O–H groups in total. The van der Waals surface area contributed by atoms with Crippen LogP contribution >= 0.6 is 22.9 Å². The van der Waals surface area contributed by atoms with Crippen LogP contribution in [0.4, 0.5) is 0 Å². The molecule has 5 nitrogen and oxygen atoms in total. The fraction of sp³-hybridized carbons (Fsp3) is 0.200. The van der Waals surface area contributed by atoms with E-state index < -0.39 is 0 Å². The van der Waals surface area contributed by atoms with Gasteiger partial charge in [-0.3, -0.25) is 14.0 Å². The number of thiazole rings is 1. The summed E-state index contributed by atoms with van der Waals surface area (Å²) in [7, 11) is 0. The molecule has 0 atom stereocenters. The van der Waals surface area contributed by atoms with Crippen LogP contribution in [0.15, 0.2) is 35.8 Å². The number of amides is 1. The zero-order valence-corrected chi connectivity index (χ0v) is 13.1. The van der Waals surface area contributed by atoms with Crippen molar-refractivity contribution in [3.8, 4) is 11.3 Å². The highest BCUT2D eigenvalue weighted by atomic mass is 35.5. The van der Waals surface area contributed by atoms with Crippen molar-refractivity contribution in [2.45, 2.75) is 6.42 Å². The summed E-state index contributed by atoms with van der Waals surface area (Å²) in [6, 6.07) is 7.54. The lowest BCUT2D eigenvalue weighted by atomic mass is 10.2. The molecule has 1 amide bonds. The van der Waals surface area contributed by atoms with Crippen molar-refractivity contribution in [3.05, 3.63) is 46.6 Å². The van der Waals surface area contributed by atoms with Crippen molar-refractivity contribution in [1.29, 1.82) is 0 Å². The minimum absolute atomic E-state index is 0.133. The van der Waals surface area contributed by atoms with Crippen LogP contribution in [0, 0.1) is 0 Å². The standard InChI is InChI=1S/C15H12ClN3O2S/c16-11-5-2-1-4-10(11)12-8-18-13(9-22-15(18)17-12)14(20)19-6-3-7-21-19/h1-2,4-5,8-9H,3,6-7H2. The van der Waals surface area contributed by atoms with Crippen molar-refractivity contribution >= 4 is 33.8 Å². The summed E-state index contributed by atoms with van der Waals surface area (Å²) in [5.41, 5.74) is 2.18. The Hall–Kier alpha value is -1.89. The molecule has 3 heterocycles. The molecule has 1 aliphatic rings. The summed E-state index contributed by atoms with van der Waals surface area (Å²) in [5, 5.41) is 3.86. The maximum Gasteiger partial charge on any atom is 0.295 e. The van der Waals surface area contributed by atoms with E-state index in [0.29, 0.717) is 23.9 Å². The quantitative estimate of drug-likeness (QED) is 0.721. The number of hydrogen-bond acceptors (Lipinski definition) is 4. The Morgan fingerprint density at radius 1 is 1.36 bits per heavy atom. The topological polar surface area (TPSA) is 46.8 Å². The lowest BCUT2D eigenvalue weighted by Crippen LogP contribution is -2.27. The van der Waals surface area contributed by atoms with Crippen molar-refractivity contribution < 1.29 is 9.63 Å². The Morgan fingerprint density at radius 3 is 3.00 bits per heavy atom. The van der Waals surface area contributed by atoms with Crippen LogP contribution in [0.25, 0.3) is 16.2 Å². The van der Waals surface area contributed by atoms with Crippen LogP contribution < -0.4 is 0 Å². The molecule has 7 heteroatoms. The molecule has 2 aromatic heterocycles. The second-order valence-corrected chi connectivity index (χ2v) is 6.22. The van der Waals surface area contributed by atoms with Gasteiger partial charge in [0.1, 0.15) is 5.69 Å². The molecule has 3 aromatic rings. The Balaban J connectivity index is 1.76. The summed E-state index contributed by atoms with van der Waals surface area (Å²) in [6.07, 6.45) is 2.71. The maximum absolute atomic E-state index is 12.5. The number of halogens is 1. The third-order valence-corrected chi connectivity index (χ3v) is 4.73. The fourth-order valence-electron chi connectivity index (χ4n) is 2.47. The predicted molar refractivity (Wildman–Crippen MR) is 85.1 cm³/mol. The summed E-state index contributed by atoms with van der Waals surface area (Å²) in [4.78, 5) is 23.1. The van der Waals surface area contributed by atoms with E-state index in [1.165, 1.54) is 16.4 Å². The number of carbonyl (C=O) groups is 1. The Bertz CT molecular complexity index is 851. The molecule has 4 rings (SSSR count). The molecule has 0 spiro atoms. The predicted octanol–water partition coefficient (Wildman–Crippen LogP) is 3.49. The largest absolute Gasteiger partial charge is 0.295 e. The number of imidazole rings is 1. The van der Waals surface area contributed by atoms with Crippen molar-refractivity contribution in [2.24, 2.45) is 0 Å². The van der Waals surface area contributed by atoms with Gasteiger partial charge in [0.15, 0.2) is 4.96 Å². The highest BCUT2D eigenvalue weighted by Crippen LogP contribution is 2.29. The molecule has 1 saturated heterocycles. The first-order valence-corrected chi connectivity index (χ1v) is 8.16. The zero-order valence-electron chi connectivity index (χ0n) is 11.5. The van der Waals surface area contributed by atoms with E-state index in [9.17, 15) is 4.79 Å². The molecule has 1 aromatic carbocycles.